The molecule has 5 nitrogen and oxygen atoms in total. The number of benzene rings is 2. The first kappa shape index (κ1) is 16.8. The molecule has 0 bridgehead atoms. The Balaban J connectivity index is 1.62. The van der Waals surface area contributed by atoms with Gasteiger partial charge in [0.1, 0.15) is 11.3 Å². The number of amides is 1. The van der Waals surface area contributed by atoms with Gasteiger partial charge < -0.3 is 14.5 Å². The predicted molar refractivity (Wildman–Crippen MR) is 94.6 cm³/mol. The minimum atomic E-state index is -0.426. The molecule has 0 aliphatic rings. The Hall–Kier alpha value is -3.08. The molecule has 1 N–H and O–H groups in total. The quantitative estimate of drug-likeness (QED) is 0.723. The molecule has 0 saturated heterocycles. The summed E-state index contributed by atoms with van der Waals surface area (Å²) in [6.45, 7) is 1.92. The number of carbonyl (C=O) groups excluding carboxylic acids is 2. The van der Waals surface area contributed by atoms with Crippen LogP contribution in [0.25, 0.3) is 11.0 Å². The van der Waals surface area contributed by atoms with Gasteiger partial charge in [0.25, 0.3) is 5.91 Å². The highest BCUT2D eigenvalue weighted by atomic mass is 16.5. The molecule has 0 saturated carbocycles. The number of fused-ring (bicyclic) bond motifs is 1. The van der Waals surface area contributed by atoms with Crippen LogP contribution in [0.15, 0.2) is 59.0 Å². The van der Waals surface area contributed by atoms with Crippen molar-refractivity contribution < 1.29 is 18.7 Å². The fourth-order valence-electron chi connectivity index (χ4n) is 2.67. The summed E-state index contributed by atoms with van der Waals surface area (Å²) in [6.07, 6.45) is 0.598. The molecule has 3 aromatic rings. The van der Waals surface area contributed by atoms with Gasteiger partial charge >= 0.3 is 5.97 Å². The van der Waals surface area contributed by atoms with Crippen molar-refractivity contribution in [2.24, 2.45) is 0 Å². The van der Waals surface area contributed by atoms with Gasteiger partial charge in [0.15, 0.2) is 0 Å². The van der Waals surface area contributed by atoms with Gasteiger partial charge in [-0.15, -0.1) is 0 Å². The normalized spacial score (nSPS) is 11.9. The summed E-state index contributed by atoms with van der Waals surface area (Å²) in [6, 6.07) is 16.1. The van der Waals surface area contributed by atoms with Crippen LogP contribution in [0.4, 0.5) is 0 Å². The molecule has 0 unspecified atom stereocenters. The second-order valence-corrected chi connectivity index (χ2v) is 5.90. The van der Waals surface area contributed by atoms with E-state index in [4.69, 9.17) is 4.42 Å². The van der Waals surface area contributed by atoms with E-state index in [9.17, 15) is 9.59 Å². The molecular formula is C20H19NO4. The third-order valence-electron chi connectivity index (χ3n) is 3.93. The molecule has 2 aromatic carbocycles. The zero-order valence-corrected chi connectivity index (χ0v) is 14.1. The highest BCUT2D eigenvalue weighted by molar-refractivity contribution is 5.96. The maximum Gasteiger partial charge on any atom is 0.337 e. The van der Waals surface area contributed by atoms with Crippen molar-refractivity contribution in [2.45, 2.75) is 19.4 Å². The fourth-order valence-corrected chi connectivity index (χ4v) is 2.67. The molecule has 0 radical (unpaired) electrons. The summed E-state index contributed by atoms with van der Waals surface area (Å²) >= 11 is 0. The van der Waals surface area contributed by atoms with E-state index < -0.39 is 5.97 Å². The average Bonchev–Trinajstić information content (AvgIpc) is 3.03. The lowest BCUT2D eigenvalue weighted by molar-refractivity contribution is 0.0600. The summed E-state index contributed by atoms with van der Waals surface area (Å²) in [5, 5.41) is 3.99. The molecule has 0 aliphatic heterocycles. The second kappa shape index (κ2) is 7.21. The maximum absolute atomic E-state index is 12.3. The van der Waals surface area contributed by atoms with Crippen molar-refractivity contribution in [1.29, 1.82) is 0 Å². The predicted octanol–water partition coefficient (Wildman–Crippen LogP) is 3.58. The smallest absolute Gasteiger partial charge is 0.337 e. The standard InChI is InChI=1S/C20H19NO4/c1-13(11-17-12-16-5-3-4-6-18(16)25-17)21-19(22)14-7-9-15(10-8-14)20(23)24-2/h3-10,12-13H,11H2,1-2H3,(H,21,22)/t13-/m0/s1. The van der Waals surface area contributed by atoms with E-state index in [1.54, 1.807) is 24.3 Å². The molecule has 0 aliphatic carbocycles. The molecule has 1 atom stereocenters. The lowest BCUT2D eigenvalue weighted by atomic mass is 10.1. The molecule has 0 fully saturated rings. The number of hydrogen-bond donors (Lipinski definition) is 1. The van der Waals surface area contributed by atoms with E-state index in [1.165, 1.54) is 7.11 Å². The van der Waals surface area contributed by atoms with Gasteiger partial charge in [-0.3, -0.25) is 4.79 Å². The zero-order valence-electron chi connectivity index (χ0n) is 14.1. The van der Waals surface area contributed by atoms with Gasteiger partial charge in [-0.2, -0.15) is 0 Å². The summed E-state index contributed by atoms with van der Waals surface area (Å²) in [7, 11) is 1.32. The number of hydrogen-bond acceptors (Lipinski definition) is 4. The Morgan fingerprint density at radius 1 is 1.08 bits per heavy atom. The van der Waals surface area contributed by atoms with Crippen molar-refractivity contribution in [3.05, 3.63) is 71.5 Å². The van der Waals surface area contributed by atoms with E-state index >= 15 is 0 Å². The molecule has 1 amide bonds. The van der Waals surface area contributed by atoms with Gasteiger partial charge in [-0.05, 0) is 43.3 Å². The van der Waals surface area contributed by atoms with Gasteiger partial charge in [0, 0.05) is 23.4 Å². The Morgan fingerprint density at radius 2 is 1.76 bits per heavy atom. The van der Waals surface area contributed by atoms with Crippen molar-refractivity contribution in [3.63, 3.8) is 0 Å². The largest absolute Gasteiger partial charge is 0.465 e. The number of methoxy groups -OCH3 is 1. The van der Waals surface area contributed by atoms with E-state index in [0.29, 0.717) is 17.5 Å². The number of rotatable bonds is 5. The van der Waals surface area contributed by atoms with E-state index in [0.717, 1.165) is 16.7 Å². The Kier molecular flexibility index (Phi) is 4.84. The Bertz CT molecular complexity index is 862. The number of esters is 1. The number of carbonyl (C=O) groups is 2. The van der Waals surface area contributed by atoms with Crippen LogP contribution in [-0.4, -0.2) is 25.0 Å². The van der Waals surface area contributed by atoms with Crippen molar-refractivity contribution in [1.82, 2.24) is 5.32 Å². The van der Waals surface area contributed by atoms with Crippen LogP contribution in [0.5, 0.6) is 0 Å². The highest BCUT2D eigenvalue weighted by Crippen LogP contribution is 2.19. The molecule has 1 heterocycles. The number of nitrogens with one attached hydrogen (secondary N) is 1. The van der Waals surface area contributed by atoms with E-state index in [1.807, 2.05) is 37.3 Å². The van der Waals surface area contributed by atoms with Gasteiger partial charge in [-0.1, -0.05) is 18.2 Å². The van der Waals surface area contributed by atoms with Crippen molar-refractivity contribution in [2.75, 3.05) is 7.11 Å². The van der Waals surface area contributed by atoms with Crippen LogP contribution >= 0.6 is 0 Å². The third-order valence-corrected chi connectivity index (χ3v) is 3.93. The fraction of sp³-hybridized carbons (Fsp3) is 0.200. The van der Waals surface area contributed by atoms with Crippen LogP contribution in [0.3, 0.4) is 0 Å². The Labute approximate surface area is 145 Å². The molecule has 1 aromatic heterocycles. The molecule has 5 heteroatoms. The zero-order chi connectivity index (χ0) is 17.8. The first-order chi connectivity index (χ1) is 12.1. The minimum Gasteiger partial charge on any atom is -0.465 e. The second-order valence-electron chi connectivity index (χ2n) is 5.90. The minimum absolute atomic E-state index is 0.0895. The van der Waals surface area contributed by atoms with Gasteiger partial charge in [-0.25, -0.2) is 4.79 Å². The lowest BCUT2D eigenvalue weighted by Gasteiger charge is -2.12. The Morgan fingerprint density at radius 3 is 2.44 bits per heavy atom. The van der Waals surface area contributed by atoms with E-state index in [2.05, 4.69) is 10.1 Å². The number of furan rings is 1. The van der Waals surface area contributed by atoms with Gasteiger partial charge in [0.05, 0.1) is 12.7 Å². The molecular weight excluding hydrogens is 318 g/mol. The van der Waals surface area contributed by atoms with Crippen molar-refractivity contribution >= 4 is 22.8 Å². The highest BCUT2D eigenvalue weighted by Gasteiger charge is 2.13. The first-order valence-corrected chi connectivity index (χ1v) is 8.03. The first-order valence-electron chi connectivity index (χ1n) is 8.03. The summed E-state index contributed by atoms with van der Waals surface area (Å²) < 4.78 is 10.4. The number of para-hydroxylation sites is 1. The third kappa shape index (κ3) is 3.88. The lowest BCUT2D eigenvalue weighted by Crippen LogP contribution is -2.34. The van der Waals surface area contributed by atoms with E-state index in [-0.39, 0.29) is 11.9 Å². The summed E-state index contributed by atoms with van der Waals surface area (Å²) in [4.78, 5) is 23.7. The monoisotopic (exact) mass is 337 g/mol. The maximum atomic E-state index is 12.3. The van der Waals surface area contributed by atoms with Crippen LogP contribution in [0.1, 0.15) is 33.4 Å². The molecule has 25 heavy (non-hydrogen) atoms. The van der Waals surface area contributed by atoms with Crippen LogP contribution in [0, 0.1) is 0 Å². The van der Waals surface area contributed by atoms with Gasteiger partial charge in [0.2, 0.25) is 0 Å². The van der Waals surface area contributed by atoms with Crippen LogP contribution < -0.4 is 5.32 Å². The molecule has 0 spiro atoms. The summed E-state index contributed by atoms with van der Waals surface area (Å²) in [5.74, 6) is 0.209. The number of ether oxygens (including phenoxy) is 1. The summed E-state index contributed by atoms with van der Waals surface area (Å²) in [5.41, 5.74) is 1.74. The molecule has 128 valence electrons. The van der Waals surface area contributed by atoms with Crippen LogP contribution in [-0.2, 0) is 11.2 Å². The average molecular weight is 337 g/mol. The van der Waals surface area contributed by atoms with Crippen molar-refractivity contribution in [3.8, 4) is 0 Å². The molecule has 3 rings (SSSR count). The van der Waals surface area contributed by atoms with Crippen LogP contribution in [0.2, 0.25) is 0 Å². The SMILES string of the molecule is COC(=O)c1ccc(C(=O)N[C@@H](C)Cc2cc3ccccc3o2)cc1. The topological polar surface area (TPSA) is 68.5 Å².